The summed E-state index contributed by atoms with van der Waals surface area (Å²) >= 11 is 5.78. The van der Waals surface area contributed by atoms with Gasteiger partial charge in [0.1, 0.15) is 0 Å². The third kappa shape index (κ3) is 1.98. The van der Waals surface area contributed by atoms with Crippen LogP contribution in [0.15, 0.2) is 18.2 Å². The van der Waals surface area contributed by atoms with Gasteiger partial charge in [-0.1, -0.05) is 18.5 Å². The van der Waals surface area contributed by atoms with E-state index in [2.05, 4.69) is 5.32 Å². The summed E-state index contributed by atoms with van der Waals surface area (Å²) < 4.78 is 0. The second-order valence-electron chi connectivity index (χ2n) is 2.42. The van der Waals surface area contributed by atoms with Crippen LogP contribution in [0.5, 0.6) is 0 Å². The molecule has 0 bridgehead atoms. The third-order valence-electron chi connectivity index (χ3n) is 1.66. The molecule has 1 amide bonds. The summed E-state index contributed by atoms with van der Waals surface area (Å²) in [6.45, 7) is 2.02. The Morgan fingerprint density at radius 2 is 2.33 bits per heavy atom. The topological polar surface area (TPSA) is 29.1 Å². The van der Waals surface area contributed by atoms with E-state index in [1.54, 1.807) is 12.1 Å². The first-order chi connectivity index (χ1) is 5.77. The molecule has 64 valence electrons. The van der Waals surface area contributed by atoms with Gasteiger partial charge in [-0.05, 0) is 30.2 Å². The van der Waals surface area contributed by atoms with Crippen molar-refractivity contribution >= 4 is 23.7 Å². The van der Waals surface area contributed by atoms with Crippen LogP contribution >= 0.6 is 11.6 Å². The highest BCUT2D eigenvalue weighted by Crippen LogP contribution is 2.20. The maximum absolute atomic E-state index is 10.2. The highest BCUT2D eigenvalue weighted by Gasteiger charge is 1.99. The van der Waals surface area contributed by atoms with Gasteiger partial charge in [-0.2, -0.15) is 0 Å². The van der Waals surface area contributed by atoms with Gasteiger partial charge in [-0.25, -0.2) is 0 Å². The second kappa shape index (κ2) is 4.12. The summed E-state index contributed by atoms with van der Waals surface area (Å²) in [6, 6.07) is 5.41. The third-order valence-corrected chi connectivity index (χ3v) is 1.90. The average Bonchev–Trinajstić information content (AvgIpc) is 2.08. The van der Waals surface area contributed by atoms with Crippen molar-refractivity contribution in [3.63, 3.8) is 0 Å². The zero-order chi connectivity index (χ0) is 8.97. The SMILES string of the molecule is CCc1cc(Cl)ccc1NC=O. The Balaban J connectivity index is 3.01. The van der Waals surface area contributed by atoms with E-state index in [0.717, 1.165) is 17.7 Å². The molecule has 1 rings (SSSR count). The molecule has 0 heterocycles. The molecule has 3 heteroatoms. The molecule has 1 aromatic rings. The largest absolute Gasteiger partial charge is 0.328 e. The quantitative estimate of drug-likeness (QED) is 0.717. The van der Waals surface area contributed by atoms with Gasteiger partial charge in [-0.3, -0.25) is 4.79 Å². The van der Waals surface area contributed by atoms with Gasteiger partial charge < -0.3 is 5.32 Å². The Labute approximate surface area is 76.5 Å². The van der Waals surface area contributed by atoms with Crippen molar-refractivity contribution < 1.29 is 4.79 Å². The van der Waals surface area contributed by atoms with Crippen LogP contribution in [-0.2, 0) is 11.2 Å². The van der Waals surface area contributed by atoms with Crippen LogP contribution in [0.2, 0.25) is 5.02 Å². The van der Waals surface area contributed by atoms with E-state index >= 15 is 0 Å². The van der Waals surface area contributed by atoms with E-state index in [4.69, 9.17) is 11.6 Å². The standard InChI is InChI=1S/C9H10ClNO/c1-2-7-5-8(10)3-4-9(7)11-6-12/h3-6H,2H2,1H3,(H,11,12). The number of hydrogen-bond donors (Lipinski definition) is 1. The molecule has 1 aromatic carbocycles. The molecule has 0 fully saturated rings. The van der Waals surface area contributed by atoms with Gasteiger partial charge in [0.2, 0.25) is 6.41 Å². The smallest absolute Gasteiger partial charge is 0.211 e. The normalized spacial score (nSPS) is 9.50. The van der Waals surface area contributed by atoms with Gasteiger partial charge in [0.05, 0.1) is 0 Å². The summed E-state index contributed by atoms with van der Waals surface area (Å²) in [4.78, 5) is 10.2. The van der Waals surface area contributed by atoms with Crippen molar-refractivity contribution in [2.24, 2.45) is 0 Å². The Hall–Kier alpha value is -1.02. The van der Waals surface area contributed by atoms with E-state index in [9.17, 15) is 4.79 Å². The fraction of sp³-hybridized carbons (Fsp3) is 0.222. The Kier molecular flexibility index (Phi) is 3.11. The van der Waals surface area contributed by atoms with Crippen LogP contribution in [0.3, 0.4) is 0 Å². The molecular formula is C9H10ClNO. The molecule has 0 saturated carbocycles. The lowest BCUT2D eigenvalue weighted by Crippen LogP contribution is -1.97. The molecule has 0 saturated heterocycles. The van der Waals surface area contributed by atoms with E-state index in [-0.39, 0.29) is 0 Å². The predicted octanol–water partition coefficient (Wildman–Crippen LogP) is 2.47. The van der Waals surface area contributed by atoms with Crippen molar-refractivity contribution in [3.8, 4) is 0 Å². The lowest BCUT2D eigenvalue weighted by atomic mass is 10.1. The number of halogens is 1. The van der Waals surface area contributed by atoms with Gasteiger partial charge in [0, 0.05) is 10.7 Å². The van der Waals surface area contributed by atoms with Gasteiger partial charge >= 0.3 is 0 Å². The van der Waals surface area contributed by atoms with Crippen LogP contribution in [0.4, 0.5) is 5.69 Å². The zero-order valence-corrected chi connectivity index (χ0v) is 7.56. The molecule has 0 unspecified atom stereocenters. The molecule has 2 nitrogen and oxygen atoms in total. The van der Waals surface area contributed by atoms with Crippen LogP contribution in [0, 0.1) is 0 Å². The molecule has 0 spiro atoms. The number of anilines is 1. The number of aryl methyl sites for hydroxylation is 1. The Morgan fingerprint density at radius 1 is 1.58 bits per heavy atom. The minimum absolute atomic E-state index is 0.669. The van der Waals surface area contributed by atoms with Gasteiger partial charge in [0.25, 0.3) is 0 Å². The van der Waals surface area contributed by atoms with Crippen LogP contribution in [0.1, 0.15) is 12.5 Å². The monoisotopic (exact) mass is 183 g/mol. The Bertz CT molecular complexity index is 286. The van der Waals surface area contributed by atoms with Crippen LogP contribution in [0.25, 0.3) is 0 Å². The highest BCUT2D eigenvalue weighted by atomic mass is 35.5. The highest BCUT2D eigenvalue weighted by molar-refractivity contribution is 6.30. The van der Waals surface area contributed by atoms with E-state index < -0.39 is 0 Å². The van der Waals surface area contributed by atoms with E-state index in [1.807, 2.05) is 13.0 Å². The molecule has 0 aromatic heterocycles. The van der Waals surface area contributed by atoms with Crippen LogP contribution < -0.4 is 5.32 Å². The maximum Gasteiger partial charge on any atom is 0.211 e. The van der Waals surface area contributed by atoms with Crippen molar-refractivity contribution in [3.05, 3.63) is 28.8 Å². The van der Waals surface area contributed by atoms with Gasteiger partial charge in [-0.15, -0.1) is 0 Å². The predicted molar refractivity (Wildman–Crippen MR) is 50.5 cm³/mol. The van der Waals surface area contributed by atoms with Gasteiger partial charge in [0.15, 0.2) is 0 Å². The van der Waals surface area contributed by atoms with Crippen LogP contribution in [-0.4, -0.2) is 6.41 Å². The minimum atomic E-state index is 0.669. The number of hydrogen-bond acceptors (Lipinski definition) is 1. The molecule has 0 aliphatic rings. The van der Waals surface area contributed by atoms with Crippen molar-refractivity contribution in [1.29, 1.82) is 0 Å². The molecule has 1 N–H and O–H groups in total. The molecule has 0 aliphatic carbocycles. The maximum atomic E-state index is 10.2. The Morgan fingerprint density at radius 3 is 2.92 bits per heavy atom. The molecule has 12 heavy (non-hydrogen) atoms. The van der Waals surface area contributed by atoms with E-state index in [0.29, 0.717) is 11.4 Å². The number of carbonyl (C=O) groups excluding carboxylic acids is 1. The summed E-state index contributed by atoms with van der Waals surface area (Å²) in [5.41, 5.74) is 1.88. The summed E-state index contributed by atoms with van der Waals surface area (Å²) in [6.07, 6.45) is 1.53. The van der Waals surface area contributed by atoms with Crippen molar-refractivity contribution in [2.75, 3.05) is 5.32 Å². The lowest BCUT2D eigenvalue weighted by Gasteiger charge is -2.05. The first-order valence-corrected chi connectivity index (χ1v) is 4.14. The number of carbonyl (C=O) groups is 1. The fourth-order valence-electron chi connectivity index (χ4n) is 1.06. The summed E-state index contributed by atoms with van der Waals surface area (Å²) in [5, 5.41) is 3.31. The van der Waals surface area contributed by atoms with Crippen molar-refractivity contribution in [2.45, 2.75) is 13.3 Å². The number of amides is 1. The average molecular weight is 184 g/mol. The first kappa shape index (κ1) is 9.07. The number of rotatable bonds is 3. The number of benzene rings is 1. The molecule has 0 atom stereocenters. The molecule has 0 aliphatic heterocycles. The lowest BCUT2D eigenvalue weighted by molar-refractivity contribution is -0.105. The summed E-state index contributed by atoms with van der Waals surface area (Å²) in [7, 11) is 0. The number of nitrogens with one attached hydrogen (secondary N) is 1. The second-order valence-corrected chi connectivity index (χ2v) is 2.85. The molecule has 0 radical (unpaired) electrons. The zero-order valence-electron chi connectivity index (χ0n) is 6.80. The van der Waals surface area contributed by atoms with E-state index in [1.165, 1.54) is 0 Å². The first-order valence-electron chi connectivity index (χ1n) is 3.76. The fourth-order valence-corrected chi connectivity index (χ4v) is 1.25. The van der Waals surface area contributed by atoms with Crippen molar-refractivity contribution in [1.82, 2.24) is 0 Å². The summed E-state index contributed by atoms with van der Waals surface area (Å²) in [5.74, 6) is 0. The molecular weight excluding hydrogens is 174 g/mol. The minimum Gasteiger partial charge on any atom is -0.328 e.